The van der Waals surface area contributed by atoms with Crippen molar-refractivity contribution in [2.45, 2.75) is 6.61 Å². The van der Waals surface area contributed by atoms with Crippen molar-refractivity contribution in [3.63, 3.8) is 0 Å². The van der Waals surface area contributed by atoms with E-state index >= 15 is 0 Å². The number of nitrogen functional groups attached to an aromatic ring is 1. The molecule has 0 radical (unpaired) electrons. The number of nitrogens with two attached hydrogens (primary N) is 1. The third-order valence-electron chi connectivity index (χ3n) is 2.86. The van der Waals surface area contributed by atoms with E-state index in [1.54, 1.807) is 25.3 Å². The van der Waals surface area contributed by atoms with E-state index in [0.717, 1.165) is 11.3 Å². The average Bonchev–Trinajstić information content (AvgIpc) is 2.87. The highest BCUT2D eigenvalue weighted by Gasteiger charge is 2.07. The van der Waals surface area contributed by atoms with Crippen LogP contribution in [0.2, 0.25) is 0 Å². The van der Waals surface area contributed by atoms with Gasteiger partial charge in [0.05, 0.1) is 7.11 Å². The highest BCUT2D eigenvalue weighted by atomic mass is 16.5. The van der Waals surface area contributed by atoms with Crippen molar-refractivity contribution in [3.05, 3.63) is 48.4 Å². The van der Waals surface area contributed by atoms with Crippen LogP contribution in [0.1, 0.15) is 5.89 Å². The molecular weight excluding hydrogens is 256 g/mol. The zero-order valence-corrected chi connectivity index (χ0v) is 11.0. The highest BCUT2D eigenvalue weighted by molar-refractivity contribution is 5.74. The molecule has 102 valence electrons. The van der Waals surface area contributed by atoms with Gasteiger partial charge in [-0.2, -0.15) is 0 Å². The van der Waals surface area contributed by atoms with Crippen molar-refractivity contribution in [1.29, 1.82) is 0 Å². The molecule has 5 heteroatoms. The zero-order chi connectivity index (χ0) is 13.9. The van der Waals surface area contributed by atoms with Gasteiger partial charge in [-0.3, -0.25) is 0 Å². The molecule has 0 saturated heterocycles. The Morgan fingerprint density at radius 2 is 2.05 bits per heavy atom. The van der Waals surface area contributed by atoms with E-state index in [9.17, 15) is 0 Å². The standard InChI is InChI=1S/C15H14N2O3/c1-18-11-5-6-13-14(8-11)20-15(17-13)9-19-12-4-2-3-10(16)7-12/h2-8H,9,16H2,1H3. The van der Waals surface area contributed by atoms with Crippen LogP contribution < -0.4 is 15.2 Å². The van der Waals surface area contributed by atoms with Gasteiger partial charge in [-0.25, -0.2) is 4.98 Å². The monoisotopic (exact) mass is 270 g/mol. The fourth-order valence-corrected chi connectivity index (χ4v) is 1.89. The van der Waals surface area contributed by atoms with E-state index in [-0.39, 0.29) is 6.61 Å². The third-order valence-corrected chi connectivity index (χ3v) is 2.86. The first-order valence-electron chi connectivity index (χ1n) is 6.16. The Balaban J connectivity index is 1.77. The largest absolute Gasteiger partial charge is 0.497 e. The number of nitrogens with zero attached hydrogens (tertiary/aromatic N) is 1. The number of anilines is 1. The van der Waals surface area contributed by atoms with Crippen LogP contribution in [0, 0.1) is 0 Å². The lowest BCUT2D eigenvalue weighted by Crippen LogP contribution is -1.96. The van der Waals surface area contributed by atoms with E-state index in [1.165, 1.54) is 0 Å². The minimum Gasteiger partial charge on any atom is -0.497 e. The Bertz CT molecular complexity index is 737. The molecule has 0 aliphatic rings. The summed E-state index contributed by atoms with van der Waals surface area (Å²) in [5.74, 6) is 1.93. The fraction of sp³-hybridized carbons (Fsp3) is 0.133. The highest BCUT2D eigenvalue weighted by Crippen LogP contribution is 2.22. The van der Waals surface area contributed by atoms with Crippen LogP contribution in [-0.2, 0) is 6.61 Å². The molecule has 0 fully saturated rings. The number of hydrogen-bond acceptors (Lipinski definition) is 5. The van der Waals surface area contributed by atoms with E-state index in [4.69, 9.17) is 19.6 Å². The molecule has 5 nitrogen and oxygen atoms in total. The first-order valence-corrected chi connectivity index (χ1v) is 6.16. The summed E-state index contributed by atoms with van der Waals surface area (Å²) in [6.07, 6.45) is 0. The first kappa shape index (κ1) is 12.3. The lowest BCUT2D eigenvalue weighted by molar-refractivity contribution is 0.267. The number of aromatic nitrogens is 1. The molecule has 0 amide bonds. The molecule has 0 aliphatic carbocycles. The molecule has 3 aromatic rings. The first-order chi connectivity index (χ1) is 9.74. The molecule has 2 N–H and O–H groups in total. The van der Waals surface area contributed by atoms with Crippen LogP contribution in [0.5, 0.6) is 11.5 Å². The molecule has 2 aromatic carbocycles. The summed E-state index contributed by atoms with van der Waals surface area (Å²) >= 11 is 0. The maximum Gasteiger partial charge on any atom is 0.233 e. The van der Waals surface area contributed by atoms with E-state index in [1.807, 2.05) is 24.3 Å². The summed E-state index contributed by atoms with van der Waals surface area (Å²) in [7, 11) is 1.61. The second-order valence-corrected chi connectivity index (χ2v) is 4.30. The van der Waals surface area contributed by atoms with Crippen LogP contribution >= 0.6 is 0 Å². The van der Waals surface area contributed by atoms with Crippen molar-refractivity contribution in [3.8, 4) is 11.5 Å². The fourth-order valence-electron chi connectivity index (χ4n) is 1.89. The van der Waals surface area contributed by atoms with Crippen molar-refractivity contribution >= 4 is 16.8 Å². The Morgan fingerprint density at radius 1 is 1.15 bits per heavy atom. The lowest BCUT2D eigenvalue weighted by atomic mass is 10.3. The van der Waals surface area contributed by atoms with Gasteiger partial charge in [0.1, 0.15) is 17.0 Å². The van der Waals surface area contributed by atoms with Crippen molar-refractivity contribution in [2.75, 3.05) is 12.8 Å². The number of fused-ring (bicyclic) bond motifs is 1. The van der Waals surface area contributed by atoms with Crippen LogP contribution in [-0.4, -0.2) is 12.1 Å². The predicted octanol–water partition coefficient (Wildman–Crippen LogP) is 3.00. The van der Waals surface area contributed by atoms with Crippen molar-refractivity contribution in [1.82, 2.24) is 4.98 Å². The predicted molar refractivity (Wildman–Crippen MR) is 75.7 cm³/mol. The van der Waals surface area contributed by atoms with Crippen LogP contribution in [0.3, 0.4) is 0 Å². The Hall–Kier alpha value is -2.69. The third kappa shape index (κ3) is 2.51. The van der Waals surface area contributed by atoms with Gasteiger partial charge in [-0.15, -0.1) is 0 Å². The van der Waals surface area contributed by atoms with Gasteiger partial charge < -0.3 is 19.6 Å². The molecule has 0 bridgehead atoms. The minimum absolute atomic E-state index is 0.250. The molecule has 0 spiro atoms. The Labute approximate surface area is 115 Å². The van der Waals surface area contributed by atoms with Gasteiger partial charge in [0.25, 0.3) is 0 Å². The second-order valence-electron chi connectivity index (χ2n) is 4.30. The van der Waals surface area contributed by atoms with Gasteiger partial charge in [0.2, 0.25) is 5.89 Å². The van der Waals surface area contributed by atoms with Crippen molar-refractivity contribution < 1.29 is 13.9 Å². The van der Waals surface area contributed by atoms with Gasteiger partial charge in [0.15, 0.2) is 12.2 Å². The van der Waals surface area contributed by atoms with Gasteiger partial charge >= 0.3 is 0 Å². The van der Waals surface area contributed by atoms with Crippen LogP contribution in [0.4, 0.5) is 5.69 Å². The van der Waals surface area contributed by atoms with Crippen LogP contribution in [0.25, 0.3) is 11.1 Å². The Morgan fingerprint density at radius 3 is 2.85 bits per heavy atom. The average molecular weight is 270 g/mol. The number of hydrogen-bond donors (Lipinski definition) is 1. The van der Waals surface area contributed by atoms with Gasteiger partial charge in [-0.1, -0.05) is 6.07 Å². The number of ether oxygens (including phenoxy) is 2. The molecule has 1 aromatic heterocycles. The summed E-state index contributed by atoms with van der Waals surface area (Å²) in [6, 6.07) is 12.7. The van der Waals surface area contributed by atoms with E-state index < -0.39 is 0 Å². The zero-order valence-electron chi connectivity index (χ0n) is 11.0. The molecule has 0 unspecified atom stereocenters. The summed E-state index contributed by atoms with van der Waals surface area (Å²) in [5, 5.41) is 0. The van der Waals surface area contributed by atoms with E-state index in [0.29, 0.717) is 22.9 Å². The number of rotatable bonds is 4. The molecule has 0 aliphatic heterocycles. The van der Waals surface area contributed by atoms with Gasteiger partial charge in [0, 0.05) is 17.8 Å². The maximum atomic E-state index is 5.69. The summed E-state index contributed by atoms with van der Waals surface area (Å²) in [4.78, 5) is 4.35. The molecule has 20 heavy (non-hydrogen) atoms. The van der Waals surface area contributed by atoms with Crippen LogP contribution in [0.15, 0.2) is 46.9 Å². The number of oxazole rings is 1. The summed E-state index contributed by atoms with van der Waals surface area (Å²) < 4.78 is 16.3. The maximum absolute atomic E-state index is 5.69. The smallest absolute Gasteiger partial charge is 0.233 e. The minimum atomic E-state index is 0.250. The van der Waals surface area contributed by atoms with Crippen molar-refractivity contribution in [2.24, 2.45) is 0 Å². The molecule has 3 rings (SSSR count). The molecular formula is C15H14N2O3. The van der Waals surface area contributed by atoms with E-state index in [2.05, 4.69) is 4.98 Å². The molecule has 1 heterocycles. The van der Waals surface area contributed by atoms with Gasteiger partial charge in [-0.05, 0) is 24.3 Å². The molecule has 0 atom stereocenters. The Kier molecular flexibility index (Phi) is 3.16. The lowest BCUT2D eigenvalue weighted by Gasteiger charge is -2.03. The number of methoxy groups -OCH3 is 1. The summed E-state index contributed by atoms with van der Waals surface area (Å²) in [6.45, 7) is 0.250. The topological polar surface area (TPSA) is 70.5 Å². The summed E-state index contributed by atoms with van der Waals surface area (Å²) in [5.41, 5.74) is 7.80. The SMILES string of the molecule is COc1ccc2nc(COc3cccc(N)c3)oc2c1. The molecule has 0 saturated carbocycles. The normalized spacial score (nSPS) is 10.7. The number of benzene rings is 2. The quantitative estimate of drug-likeness (QED) is 0.738. The second kappa shape index (κ2) is 5.13.